The van der Waals surface area contributed by atoms with Gasteiger partial charge in [-0.1, -0.05) is 25.1 Å². The van der Waals surface area contributed by atoms with Crippen molar-refractivity contribution in [2.24, 2.45) is 5.92 Å². The van der Waals surface area contributed by atoms with Crippen LogP contribution < -0.4 is 4.90 Å². The van der Waals surface area contributed by atoms with E-state index >= 15 is 0 Å². The van der Waals surface area contributed by atoms with E-state index in [1.54, 1.807) is 17.8 Å². The predicted molar refractivity (Wildman–Crippen MR) is 89.8 cm³/mol. The lowest BCUT2D eigenvalue weighted by molar-refractivity contribution is -0.119. The molecule has 0 radical (unpaired) electrons. The van der Waals surface area contributed by atoms with Gasteiger partial charge in [-0.25, -0.2) is 8.42 Å². The maximum Gasteiger partial charge on any atom is 0.227 e. The van der Waals surface area contributed by atoms with Gasteiger partial charge >= 0.3 is 0 Å². The summed E-state index contributed by atoms with van der Waals surface area (Å²) in [5.41, 5.74) is 0.951. The van der Waals surface area contributed by atoms with Gasteiger partial charge in [-0.05, 0) is 18.6 Å². The first kappa shape index (κ1) is 15.6. The van der Waals surface area contributed by atoms with E-state index in [1.807, 2.05) is 29.2 Å². The molecule has 0 spiro atoms. The number of rotatable bonds is 2. The van der Waals surface area contributed by atoms with E-state index < -0.39 is 9.84 Å². The molecule has 22 heavy (non-hydrogen) atoms. The van der Waals surface area contributed by atoms with E-state index in [9.17, 15) is 13.2 Å². The van der Waals surface area contributed by atoms with Crippen molar-refractivity contribution < 1.29 is 13.2 Å². The molecule has 0 aromatic heterocycles. The Morgan fingerprint density at radius 2 is 2.14 bits per heavy atom. The van der Waals surface area contributed by atoms with E-state index in [0.717, 1.165) is 17.0 Å². The van der Waals surface area contributed by atoms with Crippen LogP contribution in [0.15, 0.2) is 40.6 Å². The normalized spacial score (nSPS) is 26.5. The SMILES string of the molecule is C[C@@H]1CCN(C(=O)C[C@H]2C=CS(=O)(=O)C2)c2ccccc2S1. The molecule has 0 N–H and O–H groups in total. The van der Waals surface area contributed by atoms with Gasteiger partial charge in [0.25, 0.3) is 0 Å². The molecule has 2 heterocycles. The summed E-state index contributed by atoms with van der Waals surface area (Å²) in [6.07, 6.45) is 2.83. The van der Waals surface area contributed by atoms with Gasteiger partial charge in [-0.15, -0.1) is 11.8 Å². The number of hydrogen-bond acceptors (Lipinski definition) is 4. The van der Waals surface area contributed by atoms with Gasteiger partial charge in [-0.3, -0.25) is 4.79 Å². The first-order valence-electron chi connectivity index (χ1n) is 7.41. The highest BCUT2D eigenvalue weighted by Crippen LogP contribution is 2.37. The summed E-state index contributed by atoms with van der Waals surface area (Å²) in [6.45, 7) is 2.86. The van der Waals surface area contributed by atoms with Crippen molar-refractivity contribution in [3.8, 4) is 0 Å². The van der Waals surface area contributed by atoms with Crippen LogP contribution >= 0.6 is 11.8 Å². The van der Waals surface area contributed by atoms with Crippen LogP contribution in [0.3, 0.4) is 0 Å². The monoisotopic (exact) mass is 337 g/mol. The molecular weight excluding hydrogens is 318 g/mol. The topological polar surface area (TPSA) is 54.5 Å². The maximum atomic E-state index is 12.7. The maximum absolute atomic E-state index is 12.7. The average Bonchev–Trinajstić information content (AvgIpc) is 2.70. The zero-order chi connectivity index (χ0) is 15.7. The van der Waals surface area contributed by atoms with Crippen molar-refractivity contribution in [3.63, 3.8) is 0 Å². The number of para-hydroxylation sites is 1. The fourth-order valence-electron chi connectivity index (χ4n) is 2.85. The zero-order valence-corrected chi connectivity index (χ0v) is 14.1. The molecule has 1 aromatic rings. The molecule has 6 heteroatoms. The van der Waals surface area contributed by atoms with Crippen LogP contribution in [0.2, 0.25) is 0 Å². The smallest absolute Gasteiger partial charge is 0.227 e. The van der Waals surface area contributed by atoms with Gasteiger partial charge in [0.15, 0.2) is 9.84 Å². The summed E-state index contributed by atoms with van der Waals surface area (Å²) in [4.78, 5) is 15.6. The number of nitrogens with zero attached hydrogens (tertiary/aromatic N) is 1. The van der Waals surface area contributed by atoms with Crippen molar-refractivity contribution in [2.75, 3.05) is 17.2 Å². The highest BCUT2D eigenvalue weighted by molar-refractivity contribution is 8.00. The van der Waals surface area contributed by atoms with E-state index in [2.05, 4.69) is 6.92 Å². The summed E-state index contributed by atoms with van der Waals surface area (Å²) in [5, 5.41) is 1.70. The fraction of sp³-hybridized carbons (Fsp3) is 0.438. The Morgan fingerprint density at radius 1 is 1.36 bits per heavy atom. The molecule has 3 rings (SSSR count). The van der Waals surface area contributed by atoms with E-state index in [0.29, 0.717) is 11.8 Å². The summed E-state index contributed by atoms with van der Waals surface area (Å²) < 4.78 is 23.0. The number of carbonyl (C=O) groups excluding carboxylic acids is 1. The van der Waals surface area contributed by atoms with Gasteiger partial charge in [-0.2, -0.15) is 0 Å². The molecule has 0 fully saturated rings. The molecule has 4 nitrogen and oxygen atoms in total. The number of allylic oxidation sites excluding steroid dienone is 1. The third-order valence-electron chi connectivity index (χ3n) is 3.99. The van der Waals surface area contributed by atoms with Crippen LogP contribution in [0.25, 0.3) is 0 Å². The zero-order valence-electron chi connectivity index (χ0n) is 12.4. The number of benzene rings is 1. The standard InChI is InChI=1S/C16H19NO3S2/c1-12-6-8-17(14-4-2-3-5-15(14)21-12)16(18)10-13-7-9-22(19,20)11-13/h2-5,7,9,12-13H,6,8,10-11H2,1H3/t12-,13-/m1/s1. The van der Waals surface area contributed by atoms with Crippen LogP contribution in [0.4, 0.5) is 5.69 Å². The molecule has 1 amide bonds. The van der Waals surface area contributed by atoms with Crippen LogP contribution in [0, 0.1) is 5.92 Å². The lowest BCUT2D eigenvalue weighted by Gasteiger charge is -2.23. The Bertz CT molecular complexity index is 712. The Labute approximate surface area is 135 Å². The first-order chi connectivity index (χ1) is 10.4. The van der Waals surface area contributed by atoms with E-state index in [4.69, 9.17) is 0 Å². The summed E-state index contributed by atoms with van der Waals surface area (Å²) >= 11 is 1.79. The second-order valence-corrected chi connectivity index (χ2v) is 9.26. The summed E-state index contributed by atoms with van der Waals surface area (Å²) in [6, 6.07) is 7.94. The largest absolute Gasteiger partial charge is 0.311 e. The van der Waals surface area contributed by atoms with Crippen LogP contribution in [0.1, 0.15) is 19.8 Å². The number of carbonyl (C=O) groups is 1. The second kappa shape index (κ2) is 6.08. The average molecular weight is 337 g/mol. The van der Waals surface area contributed by atoms with Gasteiger partial charge in [0.1, 0.15) is 0 Å². The molecule has 2 aliphatic rings. The minimum absolute atomic E-state index is 0.00824. The number of amides is 1. The van der Waals surface area contributed by atoms with Crippen molar-refractivity contribution in [1.29, 1.82) is 0 Å². The van der Waals surface area contributed by atoms with Crippen molar-refractivity contribution in [2.45, 2.75) is 29.9 Å². The second-order valence-electron chi connectivity index (χ2n) is 5.85. The predicted octanol–water partition coefficient (Wildman–Crippen LogP) is 2.85. The fourth-order valence-corrected chi connectivity index (χ4v) is 5.36. The quantitative estimate of drug-likeness (QED) is 0.833. The Morgan fingerprint density at radius 3 is 2.86 bits per heavy atom. The van der Waals surface area contributed by atoms with Crippen LogP contribution in [-0.4, -0.2) is 31.9 Å². The van der Waals surface area contributed by atoms with Crippen molar-refractivity contribution >= 4 is 33.2 Å². The Balaban J connectivity index is 1.79. The molecule has 2 aliphatic heterocycles. The molecule has 0 unspecified atom stereocenters. The van der Waals surface area contributed by atoms with Gasteiger partial charge < -0.3 is 4.90 Å². The molecule has 2 atom stereocenters. The molecule has 118 valence electrons. The van der Waals surface area contributed by atoms with Crippen LogP contribution in [-0.2, 0) is 14.6 Å². The third kappa shape index (κ3) is 3.38. The number of sulfone groups is 1. The number of anilines is 1. The van der Waals surface area contributed by atoms with Gasteiger partial charge in [0, 0.05) is 34.4 Å². The molecule has 0 saturated heterocycles. The number of fused-ring (bicyclic) bond motifs is 1. The molecule has 0 bridgehead atoms. The Kier molecular flexibility index (Phi) is 4.32. The van der Waals surface area contributed by atoms with Crippen molar-refractivity contribution in [1.82, 2.24) is 0 Å². The lowest BCUT2D eigenvalue weighted by Crippen LogP contribution is -2.33. The molecule has 0 aliphatic carbocycles. The molecule has 0 saturated carbocycles. The van der Waals surface area contributed by atoms with Gasteiger partial charge in [0.2, 0.25) is 5.91 Å². The Hall–Kier alpha value is -1.27. The lowest BCUT2D eigenvalue weighted by atomic mass is 10.1. The summed E-state index contributed by atoms with van der Waals surface area (Å²) in [7, 11) is -3.10. The third-order valence-corrected chi connectivity index (χ3v) is 6.69. The number of hydrogen-bond donors (Lipinski definition) is 0. The molecule has 1 aromatic carbocycles. The number of thioether (sulfide) groups is 1. The minimum atomic E-state index is -3.10. The van der Waals surface area contributed by atoms with Crippen LogP contribution in [0.5, 0.6) is 0 Å². The van der Waals surface area contributed by atoms with E-state index in [-0.39, 0.29) is 24.0 Å². The summed E-state index contributed by atoms with van der Waals surface area (Å²) in [5.74, 6) is -0.133. The highest BCUT2D eigenvalue weighted by Gasteiger charge is 2.28. The first-order valence-corrected chi connectivity index (χ1v) is 10.0. The molecular formula is C16H19NO3S2. The van der Waals surface area contributed by atoms with Crippen molar-refractivity contribution in [3.05, 3.63) is 35.7 Å². The van der Waals surface area contributed by atoms with Gasteiger partial charge in [0.05, 0.1) is 11.4 Å². The minimum Gasteiger partial charge on any atom is -0.311 e. The van der Waals surface area contributed by atoms with E-state index in [1.165, 1.54) is 5.41 Å². The highest BCUT2D eigenvalue weighted by atomic mass is 32.2.